The van der Waals surface area contributed by atoms with Gasteiger partial charge in [-0.3, -0.25) is 4.79 Å². The minimum absolute atomic E-state index is 0.00759. The quantitative estimate of drug-likeness (QED) is 0.745. The maximum absolute atomic E-state index is 12.1. The second-order valence-corrected chi connectivity index (χ2v) is 4.41. The van der Waals surface area contributed by atoms with Crippen LogP contribution in [0.2, 0.25) is 0 Å². The van der Waals surface area contributed by atoms with Crippen LogP contribution >= 0.6 is 0 Å². The Balaban J connectivity index is 1.99. The summed E-state index contributed by atoms with van der Waals surface area (Å²) in [6, 6.07) is -0.602. The molecule has 0 bridgehead atoms. The molecule has 2 fully saturated rings. The molecule has 0 unspecified atom stereocenters. The third kappa shape index (κ3) is 2.19. The number of carbonyl (C=O) groups is 2. The molecule has 1 atom stereocenters. The number of hydrogen-bond acceptors (Lipinski definition) is 3. The largest absolute Gasteiger partial charge is 0.480 e. The number of hydrogen-bond donors (Lipinski definition) is 1. The molecule has 2 heterocycles. The van der Waals surface area contributed by atoms with E-state index < -0.39 is 12.0 Å². The van der Waals surface area contributed by atoms with Crippen molar-refractivity contribution < 1.29 is 19.4 Å². The van der Waals surface area contributed by atoms with Crippen LogP contribution in [0.5, 0.6) is 0 Å². The number of carboxylic acids is 1. The highest BCUT2D eigenvalue weighted by Gasteiger charge is 2.37. The number of nitrogens with zero attached hydrogens (tertiary/aromatic N) is 1. The van der Waals surface area contributed by atoms with Gasteiger partial charge in [-0.25, -0.2) is 4.79 Å². The van der Waals surface area contributed by atoms with Crippen molar-refractivity contribution >= 4 is 11.9 Å². The van der Waals surface area contributed by atoms with E-state index in [0.717, 1.165) is 19.3 Å². The minimum Gasteiger partial charge on any atom is -0.480 e. The number of rotatable bonds is 2. The highest BCUT2D eigenvalue weighted by Crippen LogP contribution is 2.24. The van der Waals surface area contributed by atoms with Gasteiger partial charge in [-0.1, -0.05) is 0 Å². The van der Waals surface area contributed by atoms with Gasteiger partial charge in [0, 0.05) is 25.7 Å². The standard InChI is InChI=1S/C11H17NO4/c13-10(8-3-6-16-7-4-8)12-5-1-2-9(12)11(14)15/h8-9H,1-7H2,(H,14,15)/t9-/m1/s1. The summed E-state index contributed by atoms with van der Waals surface area (Å²) in [7, 11) is 0. The van der Waals surface area contributed by atoms with E-state index in [2.05, 4.69) is 0 Å². The lowest BCUT2D eigenvalue weighted by Gasteiger charge is -2.28. The molecule has 0 spiro atoms. The average molecular weight is 227 g/mol. The minimum atomic E-state index is -0.877. The second-order valence-electron chi connectivity index (χ2n) is 4.41. The Morgan fingerprint density at radius 3 is 2.50 bits per heavy atom. The summed E-state index contributed by atoms with van der Waals surface area (Å²) < 4.78 is 5.20. The topological polar surface area (TPSA) is 66.8 Å². The molecular weight excluding hydrogens is 210 g/mol. The lowest BCUT2D eigenvalue weighted by atomic mass is 9.98. The van der Waals surface area contributed by atoms with Gasteiger partial charge in [-0.05, 0) is 25.7 Å². The summed E-state index contributed by atoms with van der Waals surface area (Å²) in [4.78, 5) is 24.6. The monoisotopic (exact) mass is 227 g/mol. The molecule has 0 saturated carbocycles. The third-order valence-corrected chi connectivity index (χ3v) is 3.39. The normalized spacial score (nSPS) is 27.0. The highest BCUT2D eigenvalue weighted by molar-refractivity contribution is 5.85. The van der Waals surface area contributed by atoms with Crippen LogP contribution < -0.4 is 0 Å². The smallest absolute Gasteiger partial charge is 0.326 e. The molecule has 16 heavy (non-hydrogen) atoms. The Kier molecular flexibility index (Phi) is 3.43. The fraction of sp³-hybridized carbons (Fsp3) is 0.818. The highest BCUT2D eigenvalue weighted by atomic mass is 16.5. The lowest BCUT2D eigenvalue weighted by molar-refractivity contribution is -0.151. The van der Waals surface area contributed by atoms with Crippen LogP contribution in [0.1, 0.15) is 25.7 Å². The maximum Gasteiger partial charge on any atom is 0.326 e. The van der Waals surface area contributed by atoms with Crippen LogP contribution in [-0.2, 0) is 14.3 Å². The van der Waals surface area contributed by atoms with E-state index >= 15 is 0 Å². The van der Waals surface area contributed by atoms with E-state index in [1.54, 1.807) is 4.90 Å². The molecule has 2 aliphatic rings. The summed E-state index contributed by atoms with van der Waals surface area (Å²) in [5.41, 5.74) is 0. The van der Waals surface area contributed by atoms with Crippen LogP contribution in [-0.4, -0.2) is 47.7 Å². The van der Waals surface area contributed by atoms with Crippen molar-refractivity contribution in [2.24, 2.45) is 5.92 Å². The van der Waals surface area contributed by atoms with Gasteiger partial charge in [0.25, 0.3) is 0 Å². The Morgan fingerprint density at radius 2 is 1.88 bits per heavy atom. The molecule has 90 valence electrons. The van der Waals surface area contributed by atoms with E-state index in [1.165, 1.54) is 0 Å². The van der Waals surface area contributed by atoms with E-state index in [-0.39, 0.29) is 11.8 Å². The first-order valence-electron chi connectivity index (χ1n) is 5.81. The fourth-order valence-electron chi connectivity index (χ4n) is 2.47. The summed E-state index contributed by atoms with van der Waals surface area (Å²) in [6.45, 7) is 1.82. The number of aliphatic carboxylic acids is 1. The van der Waals surface area contributed by atoms with Gasteiger partial charge >= 0.3 is 5.97 Å². The molecule has 2 aliphatic heterocycles. The Labute approximate surface area is 94.4 Å². The Bertz CT molecular complexity index is 286. The van der Waals surface area contributed by atoms with Gasteiger partial charge in [0.15, 0.2) is 0 Å². The molecule has 1 N–H and O–H groups in total. The zero-order valence-electron chi connectivity index (χ0n) is 9.22. The molecule has 0 aromatic carbocycles. The SMILES string of the molecule is O=C(O)[C@H]1CCCN1C(=O)C1CCOCC1. The molecule has 1 amide bonds. The predicted molar refractivity (Wildman–Crippen MR) is 55.9 cm³/mol. The number of carbonyl (C=O) groups excluding carboxylic acids is 1. The van der Waals surface area contributed by atoms with Crippen molar-refractivity contribution in [3.05, 3.63) is 0 Å². The van der Waals surface area contributed by atoms with E-state index in [1.807, 2.05) is 0 Å². The zero-order valence-corrected chi connectivity index (χ0v) is 9.22. The molecule has 2 saturated heterocycles. The van der Waals surface area contributed by atoms with Gasteiger partial charge in [0.2, 0.25) is 5.91 Å². The number of ether oxygens (including phenoxy) is 1. The number of carboxylic acid groups (broad SMARTS) is 1. The van der Waals surface area contributed by atoms with Crippen molar-refractivity contribution in [1.29, 1.82) is 0 Å². The van der Waals surface area contributed by atoms with E-state index in [9.17, 15) is 9.59 Å². The van der Waals surface area contributed by atoms with Crippen molar-refractivity contribution in [2.45, 2.75) is 31.7 Å². The molecule has 5 heteroatoms. The van der Waals surface area contributed by atoms with Crippen molar-refractivity contribution in [3.8, 4) is 0 Å². The average Bonchev–Trinajstić information content (AvgIpc) is 2.78. The molecule has 2 rings (SSSR count). The zero-order chi connectivity index (χ0) is 11.5. The summed E-state index contributed by atoms with van der Waals surface area (Å²) in [5.74, 6) is -0.903. The van der Waals surface area contributed by atoms with E-state index in [0.29, 0.717) is 26.2 Å². The van der Waals surface area contributed by atoms with Crippen LogP contribution in [0.25, 0.3) is 0 Å². The van der Waals surface area contributed by atoms with Crippen LogP contribution in [0.15, 0.2) is 0 Å². The molecule has 5 nitrogen and oxygen atoms in total. The fourth-order valence-corrected chi connectivity index (χ4v) is 2.47. The summed E-state index contributed by atoms with van der Waals surface area (Å²) >= 11 is 0. The van der Waals surface area contributed by atoms with Gasteiger partial charge in [0.05, 0.1) is 0 Å². The molecule has 0 radical (unpaired) electrons. The van der Waals surface area contributed by atoms with Crippen LogP contribution in [0.3, 0.4) is 0 Å². The third-order valence-electron chi connectivity index (χ3n) is 3.39. The Morgan fingerprint density at radius 1 is 1.19 bits per heavy atom. The van der Waals surface area contributed by atoms with Crippen molar-refractivity contribution in [1.82, 2.24) is 4.90 Å². The number of likely N-dealkylation sites (tertiary alicyclic amines) is 1. The van der Waals surface area contributed by atoms with Gasteiger partial charge in [0.1, 0.15) is 6.04 Å². The first kappa shape index (κ1) is 11.4. The number of amides is 1. The van der Waals surface area contributed by atoms with Gasteiger partial charge in [-0.15, -0.1) is 0 Å². The summed E-state index contributed by atoms with van der Waals surface area (Å²) in [6.07, 6.45) is 2.83. The predicted octanol–water partition coefficient (Wildman–Crippen LogP) is 0.489. The van der Waals surface area contributed by atoms with Gasteiger partial charge < -0.3 is 14.7 Å². The van der Waals surface area contributed by atoms with E-state index in [4.69, 9.17) is 9.84 Å². The molecule has 0 aliphatic carbocycles. The van der Waals surface area contributed by atoms with Crippen molar-refractivity contribution in [2.75, 3.05) is 19.8 Å². The Hall–Kier alpha value is -1.10. The molecular formula is C11H17NO4. The first-order valence-corrected chi connectivity index (χ1v) is 5.81. The van der Waals surface area contributed by atoms with Gasteiger partial charge in [-0.2, -0.15) is 0 Å². The molecule has 0 aromatic heterocycles. The molecule has 0 aromatic rings. The first-order chi connectivity index (χ1) is 7.70. The van der Waals surface area contributed by atoms with Crippen molar-refractivity contribution in [3.63, 3.8) is 0 Å². The summed E-state index contributed by atoms with van der Waals surface area (Å²) in [5, 5.41) is 9.01. The lowest BCUT2D eigenvalue weighted by Crippen LogP contribution is -2.44. The maximum atomic E-state index is 12.1. The second kappa shape index (κ2) is 4.82. The van der Waals surface area contributed by atoms with Crippen LogP contribution in [0.4, 0.5) is 0 Å². The van der Waals surface area contributed by atoms with Crippen LogP contribution in [0, 0.1) is 5.92 Å².